The largest absolute Gasteiger partial charge is 0.455 e. The number of halogens is 1. The number of amides is 1. The van der Waals surface area contributed by atoms with Crippen LogP contribution in [0, 0.1) is 15.5 Å². The summed E-state index contributed by atoms with van der Waals surface area (Å²) in [5.41, 5.74) is 6.14. The average molecular weight is 881 g/mol. The fraction of sp³-hybridized carbons (Fsp3) is 0.391. The number of hydrogen-bond donors (Lipinski definition) is 2. The monoisotopic (exact) mass is 880 g/mol. The molecule has 0 bridgehead atoms. The SMILES string of the molecule is O=C(NS(=O)(=O)c1ccc(CC[C@H]2COCCO2)c([N+](=O)[O-])c1)c1ccc(N2CCN(CC3=C(c4ccc(Cl)cc4)CC4(CCC4)CC3)CC2)cc1Oc1cnc2[nH]ccc2c1. The van der Waals surface area contributed by atoms with Gasteiger partial charge in [-0.05, 0) is 104 Å². The van der Waals surface area contributed by atoms with Crippen molar-refractivity contribution >= 4 is 55.5 Å². The van der Waals surface area contributed by atoms with E-state index in [1.807, 2.05) is 18.2 Å². The highest BCUT2D eigenvalue weighted by molar-refractivity contribution is 7.90. The van der Waals surface area contributed by atoms with E-state index < -0.39 is 25.7 Å². The first-order chi connectivity index (χ1) is 30.0. The lowest BCUT2D eigenvalue weighted by Gasteiger charge is -2.47. The smallest absolute Gasteiger partial charge is 0.273 e. The van der Waals surface area contributed by atoms with Crippen LogP contribution in [0.3, 0.4) is 0 Å². The van der Waals surface area contributed by atoms with Gasteiger partial charge in [-0.15, -0.1) is 0 Å². The van der Waals surface area contributed by atoms with Crippen LogP contribution >= 0.6 is 11.6 Å². The summed E-state index contributed by atoms with van der Waals surface area (Å²) in [6.07, 6.45) is 11.2. The van der Waals surface area contributed by atoms with Crippen molar-refractivity contribution in [2.24, 2.45) is 5.41 Å². The lowest BCUT2D eigenvalue weighted by Crippen LogP contribution is -2.47. The number of ether oxygens (including phenoxy) is 3. The number of hydrogen-bond acceptors (Lipinski definition) is 11. The number of nitro groups is 1. The van der Waals surface area contributed by atoms with E-state index in [1.165, 1.54) is 60.7 Å². The molecule has 0 radical (unpaired) electrons. The summed E-state index contributed by atoms with van der Waals surface area (Å²) in [5.74, 6) is -0.461. The molecule has 0 unspecified atom stereocenters. The van der Waals surface area contributed by atoms with Crippen LogP contribution in [0.15, 0.2) is 95.7 Å². The molecule has 1 amide bonds. The number of H-pyrrole nitrogens is 1. The molecule has 1 saturated carbocycles. The number of piperazine rings is 1. The number of sulfonamides is 1. The third kappa shape index (κ3) is 9.23. The summed E-state index contributed by atoms with van der Waals surface area (Å²) in [6, 6.07) is 20.7. The molecule has 3 fully saturated rings. The van der Waals surface area contributed by atoms with Crippen molar-refractivity contribution in [2.75, 3.05) is 57.4 Å². The number of nitrogens with one attached hydrogen (secondary N) is 2. The van der Waals surface area contributed by atoms with Crippen LogP contribution < -0.4 is 14.4 Å². The van der Waals surface area contributed by atoms with E-state index in [-0.39, 0.29) is 29.5 Å². The molecule has 9 rings (SSSR count). The molecule has 2 aliphatic carbocycles. The highest BCUT2D eigenvalue weighted by Gasteiger charge is 2.41. The number of pyridine rings is 1. The topological polar surface area (TPSA) is 169 Å². The van der Waals surface area contributed by atoms with Crippen molar-refractivity contribution in [1.29, 1.82) is 0 Å². The predicted molar refractivity (Wildman–Crippen MR) is 236 cm³/mol. The number of benzene rings is 3. The van der Waals surface area contributed by atoms with Crippen molar-refractivity contribution in [3.63, 3.8) is 0 Å². The molecule has 1 atom stereocenters. The molecular formula is C46H49ClN6O8S. The van der Waals surface area contributed by atoms with E-state index in [0.29, 0.717) is 48.6 Å². The lowest BCUT2D eigenvalue weighted by atomic mass is 9.59. The Morgan fingerprint density at radius 1 is 1.02 bits per heavy atom. The molecule has 2 N–H and O–H groups in total. The van der Waals surface area contributed by atoms with E-state index in [9.17, 15) is 23.3 Å². The van der Waals surface area contributed by atoms with Crippen LogP contribution in [0.25, 0.3) is 16.6 Å². The Kier molecular flexibility index (Phi) is 12.1. The first-order valence-corrected chi connectivity index (χ1v) is 23.1. The first-order valence-electron chi connectivity index (χ1n) is 21.2. The third-order valence-corrected chi connectivity index (χ3v) is 14.5. The minimum absolute atomic E-state index is 0.0332. The minimum Gasteiger partial charge on any atom is -0.455 e. The van der Waals surface area contributed by atoms with Gasteiger partial charge in [-0.2, -0.15) is 0 Å². The van der Waals surface area contributed by atoms with Crippen molar-refractivity contribution in [3.8, 4) is 11.5 Å². The van der Waals surface area contributed by atoms with Crippen molar-refractivity contribution in [1.82, 2.24) is 19.6 Å². The molecular weight excluding hydrogens is 832 g/mol. The average Bonchev–Trinajstić information content (AvgIpc) is 3.74. The summed E-state index contributed by atoms with van der Waals surface area (Å²) in [7, 11) is -4.55. The molecule has 2 aliphatic heterocycles. The lowest BCUT2D eigenvalue weighted by molar-refractivity contribution is -0.385. The van der Waals surface area contributed by atoms with E-state index >= 15 is 0 Å². The second-order valence-electron chi connectivity index (χ2n) is 16.8. The molecule has 2 aromatic heterocycles. The number of allylic oxidation sites excluding steroid dienone is 1. The number of aromatic amines is 1. The first kappa shape index (κ1) is 42.0. The van der Waals surface area contributed by atoms with E-state index in [1.54, 1.807) is 30.5 Å². The Labute approximate surface area is 365 Å². The van der Waals surface area contributed by atoms with Crippen LogP contribution in [0.5, 0.6) is 11.5 Å². The summed E-state index contributed by atoms with van der Waals surface area (Å²) in [5, 5.41) is 13.6. The summed E-state index contributed by atoms with van der Waals surface area (Å²) in [6.45, 7) is 5.38. The molecule has 1 spiro atoms. The zero-order valence-electron chi connectivity index (χ0n) is 34.3. The number of carbonyl (C=O) groups is 1. The Bertz CT molecular complexity index is 2620. The van der Waals surface area contributed by atoms with Gasteiger partial charge >= 0.3 is 0 Å². The predicted octanol–water partition coefficient (Wildman–Crippen LogP) is 8.31. The van der Waals surface area contributed by atoms with Crippen LogP contribution in [0.2, 0.25) is 5.02 Å². The number of carbonyl (C=O) groups excluding carboxylic acids is 1. The summed E-state index contributed by atoms with van der Waals surface area (Å²) >= 11 is 6.28. The molecule has 62 heavy (non-hydrogen) atoms. The Morgan fingerprint density at radius 2 is 1.84 bits per heavy atom. The van der Waals surface area contributed by atoms with Crippen LogP contribution in [0.1, 0.15) is 66.4 Å². The molecule has 14 nitrogen and oxygen atoms in total. The number of rotatable bonds is 13. The van der Waals surface area contributed by atoms with Gasteiger partial charge in [-0.25, -0.2) is 18.1 Å². The van der Waals surface area contributed by atoms with Gasteiger partial charge in [0.25, 0.3) is 21.6 Å². The zero-order chi connectivity index (χ0) is 42.8. The van der Waals surface area contributed by atoms with Gasteiger partial charge in [-0.3, -0.25) is 19.8 Å². The number of fused-ring (bicyclic) bond motifs is 1. The fourth-order valence-electron chi connectivity index (χ4n) is 9.25. The Balaban J connectivity index is 0.926. The normalized spacial score (nSPS) is 19.4. The van der Waals surface area contributed by atoms with Crippen LogP contribution in [-0.2, 0) is 25.9 Å². The van der Waals surface area contributed by atoms with E-state index in [2.05, 4.69) is 36.6 Å². The minimum atomic E-state index is -4.55. The number of nitrogens with zero attached hydrogens (tertiary/aromatic N) is 4. The van der Waals surface area contributed by atoms with Gasteiger partial charge in [-0.1, -0.05) is 41.8 Å². The highest BCUT2D eigenvalue weighted by atomic mass is 35.5. The molecule has 5 aromatic rings. The maximum atomic E-state index is 13.9. The van der Waals surface area contributed by atoms with Gasteiger partial charge in [0.05, 0.1) is 47.5 Å². The fourth-order valence-corrected chi connectivity index (χ4v) is 10.4. The molecule has 4 aliphatic rings. The van der Waals surface area contributed by atoms with E-state index in [4.69, 9.17) is 25.8 Å². The summed E-state index contributed by atoms with van der Waals surface area (Å²) < 4.78 is 46.9. The summed E-state index contributed by atoms with van der Waals surface area (Å²) in [4.78, 5) is 37.2. The van der Waals surface area contributed by atoms with Gasteiger partial charge in [0, 0.05) is 72.7 Å². The number of anilines is 1. The molecule has 3 aromatic carbocycles. The molecule has 324 valence electrons. The molecule has 2 saturated heterocycles. The van der Waals surface area contributed by atoms with Gasteiger partial charge < -0.3 is 24.1 Å². The second kappa shape index (κ2) is 17.8. The number of aromatic nitrogens is 2. The van der Waals surface area contributed by atoms with Gasteiger partial charge in [0.1, 0.15) is 17.1 Å². The standard InChI is InChI=1S/C46H49ClN6O8S/c47-35-6-2-31(3-7-35)41-27-46(14-1-15-46)16-12-34(41)29-51-18-20-52(21-19-51)36-8-11-40(43(25-36)61-38-24-33-13-17-48-44(33)49-28-38)45(54)50-62(57,58)39-10-5-32(42(26-39)53(55)56)4-9-37-30-59-22-23-60-37/h2-3,5-8,10-11,13,17,24-26,28,37H,1,4,9,12,14-16,18-23,27,29-30H2,(H,48,49)(H,50,54)/t37-/m0/s1. The Hall–Kier alpha value is -5.32. The molecule has 16 heteroatoms. The Morgan fingerprint density at radius 3 is 2.58 bits per heavy atom. The van der Waals surface area contributed by atoms with Crippen LogP contribution in [-0.4, -0.2) is 92.8 Å². The third-order valence-electron chi connectivity index (χ3n) is 12.9. The van der Waals surface area contributed by atoms with Gasteiger partial charge in [0.2, 0.25) is 0 Å². The molecule has 4 heterocycles. The van der Waals surface area contributed by atoms with Crippen molar-refractivity contribution < 1.29 is 32.3 Å². The van der Waals surface area contributed by atoms with Crippen LogP contribution in [0.4, 0.5) is 11.4 Å². The van der Waals surface area contributed by atoms with Gasteiger partial charge in [0.15, 0.2) is 0 Å². The maximum absolute atomic E-state index is 13.9. The number of aryl methyl sites for hydroxylation is 1. The van der Waals surface area contributed by atoms with E-state index in [0.717, 1.165) is 67.7 Å². The number of nitro benzene ring substituents is 1. The maximum Gasteiger partial charge on any atom is 0.273 e. The van der Waals surface area contributed by atoms with Crippen molar-refractivity contribution in [3.05, 3.63) is 123 Å². The zero-order valence-corrected chi connectivity index (χ0v) is 35.9. The highest BCUT2D eigenvalue weighted by Crippen LogP contribution is 2.55. The van der Waals surface area contributed by atoms with Crippen molar-refractivity contribution in [2.45, 2.75) is 62.4 Å². The quantitative estimate of drug-likeness (QED) is 0.0862. The second-order valence-corrected chi connectivity index (χ2v) is 19.0.